The van der Waals surface area contributed by atoms with Crippen molar-refractivity contribution in [2.75, 3.05) is 18.9 Å². The van der Waals surface area contributed by atoms with Crippen molar-refractivity contribution in [2.24, 2.45) is 5.92 Å². The van der Waals surface area contributed by atoms with Crippen LogP contribution in [0.4, 0.5) is 14.5 Å². The maximum absolute atomic E-state index is 14.3. The number of Topliss-reactive ketones (excluding diaryl/α,β-unsaturated/α-hetero) is 1. The van der Waals surface area contributed by atoms with Gasteiger partial charge in [-0.25, -0.2) is 8.78 Å². The van der Waals surface area contributed by atoms with Gasteiger partial charge in [0.05, 0.1) is 5.92 Å². The fourth-order valence-corrected chi connectivity index (χ4v) is 5.09. The molecule has 2 aromatic carbocycles. The van der Waals surface area contributed by atoms with E-state index in [4.69, 9.17) is 0 Å². The molecule has 0 radical (unpaired) electrons. The van der Waals surface area contributed by atoms with E-state index in [0.29, 0.717) is 17.8 Å². The van der Waals surface area contributed by atoms with Crippen LogP contribution in [-0.4, -0.2) is 35.2 Å². The normalized spacial score (nSPS) is 24.9. The van der Waals surface area contributed by atoms with E-state index in [1.807, 2.05) is 0 Å². The van der Waals surface area contributed by atoms with Crippen molar-refractivity contribution < 1.29 is 18.4 Å². The lowest BCUT2D eigenvalue weighted by molar-refractivity contribution is -0.126. The van der Waals surface area contributed by atoms with Gasteiger partial charge in [0.2, 0.25) is 5.91 Å². The monoisotopic (exact) mass is 419 g/mol. The number of hydrogen-bond acceptors (Lipinski definition) is 4. The second-order valence-electron chi connectivity index (χ2n) is 8.01. The Labute approximate surface area is 177 Å². The zero-order valence-corrected chi connectivity index (χ0v) is 16.7. The van der Waals surface area contributed by atoms with Gasteiger partial charge in [-0.1, -0.05) is 18.2 Å². The quantitative estimate of drug-likeness (QED) is 0.657. The number of likely N-dealkylation sites (N-methyl/N-ethyl adjacent to an activating group) is 1. The molecule has 2 aliphatic heterocycles. The Hall–Kier alpha value is -3.45. The first-order chi connectivity index (χ1) is 14.9. The summed E-state index contributed by atoms with van der Waals surface area (Å²) in [5.41, 5.74) is 0.477. The zero-order chi connectivity index (χ0) is 21.8. The highest BCUT2D eigenvalue weighted by Crippen LogP contribution is 2.55. The van der Waals surface area contributed by atoms with Crippen molar-refractivity contribution in [1.82, 2.24) is 9.88 Å². The molecule has 0 unspecified atom stereocenters. The number of rotatable bonds is 3. The average Bonchev–Trinajstić information content (AvgIpc) is 3.24. The molecule has 1 N–H and O–H groups in total. The highest BCUT2D eigenvalue weighted by Gasteiger charge is 2.64. The molecule has 3 atom stereocenters. The number of carbonyl (C=O) groups is 2. The first-order valence-corrected chi connectivity index (χ1v) is 9.96. The summed E-state index contributed by atoms with van der Waals surface area (Å²) in [6.45, 7) is 0.359. The molecule has 1 amide bonds. The summed E-state index contributed by atoms with van der Waals surface area (Å²) in [5, 5.41) is 2.83. The minimum atomic E-state index is -1.40. The van der Waals surface area contributed by atoms with Gasteiger partial charge in [-0.2, -0.15) is 0 Å². The summed E-state index contributed by atoms with van der Waals surface area (Å²) in [6, 6.07) is 15.1. The largest absolute Gasteiger partial charge is 0.324 e. The lowest BCUT2D eigenvalue weighted by Gasteiger charge is -2.35. The van der Waals surface area contributed by atoms with E-state index in [1.165, 1.54) is 36.5 Å². The summed E-state index contributed by atoms with van der Waals surface area (Å²) in [6.07, 6.45) is 1.52. The number of ketones is 1. The molecule has 1 aromatic heterocycles. The minimum Gasteiger partial charge on any atom is -0.324 e. The number of fused-ring (bicyclic) bond motifs is 2. The van der Waals surface area contributed by atoms with Crippen LogP contribution < -0.4 is 5.32 Å². The predicted molar refractivity (Wildman–Crippen MR) is 111 cm³/mol. The third-order valence-electron chi connectivity index (χ3n) is 6.41. The summed E-state index contributed by atoms with van der Waals surface area (Å²) in [7, 11) is 1.75. The van der Waals surface area contributed by atoms with Crippen molar-refractivity contribution in [3.05, 3.63) is 95.3 Å². The Morgan fingerprint density at radius 1 is 1.10 bits per heavy atom. The Balaban J connectivity index is 1.74. The molecular formula is C24H19F2N3O2. The number of anilines is 1. The van der Waals surface area contributed by atoms with Crippen molar-refractivity contribution >= 4 is 17.4 Å². The van der Waals surface area contributed by atoms with Crippen molar-refractivity contribution in [1.29, 1.82) is 0 Å². The second kappa shape index (κ2) is 7.06. The van der Waals surface area contributed by atoms with Crippen LogP contribution >= 0.6 is 0 Å². The van der Waals surface area contributed by atoms with Gasteiger partial charge in [0.15, 0.2) is 5.78 Å². The lowest BCUT2D eigenvalue weighted by atomic mass is 9.71. The number of pyridine rings is 1. The number of nitrogens with zero attached hydrogens (tertiary/aromatic N) is 2. The topological polar surface area (TPSA) is 62.3 Å². The van der Waals surface area contributed by atoms with Crippen LogP contribution in [0.1, 0.15) is 27.5 Å². The van der Waals surface area contributed by atoms with Crippen LogP contribution in [0.2, 0.25) is 0 Å². The van der Waals surface area contributed by atoms with E-state index >= 15 is 0 Å². The number of benzene rings is 2. The molecule has 5 nitrogen and oxygen atoms in total. The molecular weight excluding hydrogens is 400 g/mol. The van der Waals surface area contributed by atoms with Gasteiger partial charge in [-0.3, -0.25) is 19.5 Å². The molecule has 0 saturated carbocycles. The molecule has 1 fully saturated rings. The van der Waals surface area contributed by atoms with Gasteiger partial charge in [0.25, 0.3) is 0 Å². The number of hydrogen-bond donors (Lipinski definition) is 1. The number of carbonyl (C=O) groups excluding carboxylic acids is 2. The SMILES string of the molecule is CN1C[C@H](c2ccc(F)cc2)[C@@H](C(=O)c2ccccn2)[C@@]12C(=O)Nc1ccc(F)cc12. The number of aromatic nitrogens is 1. The van der Waals surface area contributed by atoms with Gasteiger partial charge in [-0.15, -0.1) is 0 Å². The molecule has 1 saturated heterocycles. The third-order valence-corrected chi connectivity index (χ3v) is 6.41. The zero-order valence-electron chi connectivity index (χ0n) is 16.7. The van der Waals surface area contributed by atoms with E-state index in [-0.39, 0.29) is 23.2 Å². The van der Waals surface area contributed by atoms with Gasteiger partial charge in [0.1, 0.15) is 22.9 Å². The van der Waals surface area contributed by atoms with Gasteiger partial charge in [0, 0.05) is 29.9 Å². The molecule has 7 heteroatoms. The molecule has 156 valence electrons. The van der Waals surface area contributed by atoms with Crippen LogP contribution in [0, 0.1) is 17.6 Å². The molecule has 3 heterocycles. The van der Waals surface area contributed by atoms with E-state index in [9.17, 15) is 18.4 Å². The van der Waals surface area contributed by atoms with Crippen LogP contribution in [-0.2, 0) is 10.3 Å². The molecule has 31 heavy (non-hydrogen) atoms. The molecule has 1 spiro atoms. The maximum atomic E-state index is 14.3. The Bertz CT molecular complexity index is 1180. The third kappa shape index (κ3) is 2.80. The van der Waals surface area contributed by atoms with Gasteiger partial charge in [-0.05, 0) is 55.1 Å². The molecule has 0 bridgehead atoms. The summed E-state index contributed by atoms with van der Waals surface area (Å²) in [4.78, 5) is 33.3. The summed E-state index contributed by atoms with van der Waals surface area (Å²) in [5.74, 6) is -2.86. The van der Waals surface area contributed by atoms with E-state index in [1.54, 1.807) is 42.3 Å². The number of halogens is 2. The molecule has 2 aliphatic rings. The number of likely N-dealkylation sites (tertiary alicyclic amines) is 1. The fourth-order valence-electron chi connectivity index (χ4n) is 5.09. The van der Waals surface area contributed by atoms with Gasteiger partial charge >= 0.3 is 0 Å². The predicted octanol–water partition coefficient (Wildman–Crippen LogP) is 3.74. The summed E-state index contributed by atoms with van der Waals surface area (Å²) < 4.78 is 27.8. The van der Waals surface area contributed by atoms with Crippen LogP contribution in [0.5, 0.6) is 0 Å². The fraction of sp³-hybridized carbons (Fsp3) is 0.208. The standard InChI is InChI=1S/C24H19F2N3O2/c1-29-13-17(14-5-7-15(25)8-6-14)21(22(30)20-4-2-3-11-27-20)24(29)18-12-16(26)9-10-19(18)28-23(24)31/h2-12,17,21H,13H2,1H3,(H,28,31)/t17-,21+,24+/m1/s1. The minimum absolute atomic E-state index is 0.229. The van der Waals surface area contributed by atoms with Crippen LogP contribution in [0.15, 0.2) is 66.9 Å². The summed E-state index contributed by atoms with van der Waals surface area (Å²) >= 11 is 0. The van der Waals surface area contributed by atoms with Crippen molar-refractivity contribution in [3.8, 4) is 0 Å². The molecule has 5 rings (SSSR count). The van der Waals surface area contributed by atoms with Gasteiger partial charge < -0.3 is 5.32 Å². The Morgan fingerprint density at radius 2 is 1.84 bits per heavy atom. The lowest BCUT2D eigenvalue weighted by Crippen LogP contribution is -2.51. The first kappa shape index (κ1) is 19.5. The molecule has 0 aliphatic carbocycles. The highest BCUT2D eigenvalue weighted by molar-refractivity contribution is 6.11. The van der Waals surface area contributed by atoms with E-state index in [0.717, 1.165) is 5.56 Å². The average molecular weight is 419 g/mol. The highest BCUT2D eigenvalue weighted by atomic mass is 19.1. The maximum Gasteiger partial charge on any atom is 0.250 e. The smallest absolute Gasteiger partial charge is 0.250 e. The van der Waals surface area contributed by atoms with Crippen LogP contribution in [0.3, 0.4) is 0 Å². The number of nitrogens with one attached hydrogen (secondary N) is 1. The van der Waals surface area contributed by atoms with Crippen LogP contribution in [0.25, 0.3) is 0 Å². The van der Waals surface area contributed by atoms with Crippen molar-refractivity contribution in [3.63, 3.8) is 0 Å². The second-order valence-corrected chi connectivity index (χ2v) is 8.01. The Morgan fingerprint density at radius 3 is 2.55 bits per heavy atom. The Kier molecular flexibility index (Phi) is 4.44. The van der Waals surface area contributed by atoms with E-state index < -0.39 is 23.2 Å². The first-order valence-electron chi connectivity index (χ1n) is 9.96. The molecule has 3 aromatic rings. The van der Waals surface area contributed by atoms with Crippen molar-refractivity contribution in [2.45, 2.75) is 11.5 Å². The number of amides is 1. The van der Waals surface area contributed by atoms with E-state index in [2.05, 4.69) is 10.3 Å².